The lowest BCUT2D eigenvalue weighted by molar-refractivity contribution is -0.192. The molecule has 1 aromatic heterocycles. The Balaban J connectivity index is 0.000000532. The fourth-order valence-corrected chi connectivity index (χ4v) is 5.53. The Bertz CT molecular complexity index is 1390. The number of hydrogen-bond donors (Lipinski definition) is 4. The van der Waals surface area contributed by atoms with Crippen molar-refractivity contribution < 1.29 is 40.7 Å². The fraction of sp³-hybridized carbons (Fsp3) is 0.250. The molecule has 1 fully saturated rings. The van der Waals surface area contributed by atoms with Gasteiger partial charge in [0.15, 0.2) is 0 Å². The first-order valence-corrected chi connectivity index (χ1v) is 13.7. The summed E-state index contributed by atoms with van der Waals surface area (Å²) in [7, 11) is -3.79. The number of benzene rings is 2. The summed E-state index contributed by atoms with van der Waals surface area (Å²) < 4.78 is 74.1. The molecule has 4 N–H and O–H groups in total. The summed E-state index contributed by atoms with van der Waals surface area (Å²) in [5.41, 5.74) is 1.69. The lowest BCUT2D eigenvalue weighted by Gasteiger charge is -2.31. The van der Waals surface area contributed by atoms with Crippen LogP contribution in [-0.2, 0) is 21.4 Å². The SMILES string of the molecule is O=C(NCc1ccccc1F)c1ccc(N2CCNCC2)c(NS(=O)(=O)c2cccs2)c1.O=C(O)C(F)(F)F. The number of carboxylic acid groups (broad SMARTS) is 1. The first kappa shape index (κ1) is 29.9. The van der Waals surface area contributed by atoms with Gasteiger partial charge in [0, 0.05) is 43.9 Å². The van der Waals surface area contributed by atoms with Crippen molar-refractivity contribution >= 4 is 44.6 Å². The zero-order chi connectivity index (χ0) is 28.6. The van der Waals surface area contributed by atoms with Crippen LogP contribution in [0, 0.1) is 5.82 Å². The molecule has 0 unspecified atom stereocenters. The molecule has 210 valence electrons. The van der Waals surface area contributed by atoms with E-state index in [1.165, 1.54) is 18.2 Å². The lowest BCUT2D eigenvalue weighted by atomic mass is 10.1. The zero-order valence-electron chi connectivity index (χ0n) is 20.2. The maximum atomic E-state index is 13.8. The summed E-state index contributed by atoms with van der Waals surface area (Å²) in [6.07, 6.45) is -5.08. The van der Waals surface area contributed by atoms with E-state index in [2.05, 4.69) is 20.3 Å². The molecule has 39 heavy (non-hydrogen) atoms. The van der Waals surface area contributed by atoms with E-state index >= 15 is 0 Å². The van der Waals surface area contributed by atoms with Crippen LogP contribution in [0.5, 0.6) is 0 Å². The minimum atomic E-state index is -5.08. The molecule has 0 radical (unpaired) electrons. The number of nitrogens with one attached hydrogen (secondary N) is 3. The van der Waals surface area contributed by atoms with Crippen LogP contribution in [-0.4, -0.2) is 57.8 Å². The van der Waals surface area contributed by atoms with Crippen LogP contribution in [0.4, 0.5) is 28.9 Å². The number of rotatable bonds is 7. The van der Waals surface area contributed by atoms with Gasteiger partial charge in [-0.15, -0.1) is 11.3 Å². The first-order valence-electron chi connectivity index (χ1n) is 11.4. The van der Waals surface area contributed by atoms with Gasteiger partial charge in [0.1, 0.15) is 10.0 Å². The number of aliphatic carboxylic acids is 1. The molecule has 0 aliphatic carbocycles. The number of thiophene rings is 1. The predicted molar refractivity (Wildman–Crippen MR) is 138 cm³/mol. The minimum Gasteiger partial charge on any atom is -0.475 e. The first-order chi connectivity index (χ1) is 18.4. The van der Waals surface area contributed by atoms with Crippen molar-refractivity contribution in [3.8, 4) is 0 Å². The second-order valence-electron chi connectivity index (χ2n) is 8.08. The molecule has 0 saturated carbocycles. The van der Waals surface area contributed by atoms with Crippen molar-refractivity contribution in [2.75, 3.05) is 35.8 Å². The molecule has 15 heteroatoms. The van der Waals surface area contributed by atoms with Gasteiger partial charge in [-0.1, -0.05) is 24.3 Å². The number of nitrogens with zero attached hydrogens (tertiary/aromatic N) is 1. The maximum absolute atomic E-state index is 13.8. The molecule has 1 saturated heterocycles. The topological polar surface area (TPSA) is 128 Å². The van der Waals surface area contributed by atoms with Crippen molar-refractivity contribution in [2.24, 2.45) is 0 Å². The van der Waals surface area contributed by atoms with Crippen molar-refractivity contribution in [1.82, 2.24) is 10.6 Å². The Morgan fingerprint density at radius 1 is 1.05 bits per heavy atom. The lowest BCUT2D eigenvalue weighted by Crippen LogP contribution is -2.43. The van der Waals surface area contributed by atoms with Gasteiger partial charge in [-0.3, -0.25) is 9.52 Å². The molecule has 0 spiro atoms. The number of carbonyl (C=O) groups is 2. The molecule has 0 atom stereocenters. The Kier molecular flexibility index (Phi) is 9.88. The van der Waals surface area contributed by atoms with Crippen LogP contribution < -0.4 is 20.3 Å². The molecule has 9 nitrogen and oxygen atoms in total. The van der Waals surface area contributed by atoms with Crippen LogP contribution in [0.15, 0.2) is 64.2 Å². The van der Waals surface area contributed by atoms with E-state index in [1.807, 2.05) is 0 Å². The number of carbonyl (C=O) groups excluding carboxylic acids is 1. The average Bonchev–Trinajstić information content (AvgIpc) is 3.45. The maximum Gasteiger partial charge on any atom is 0.490 e. The largest absolute Gasteiger partial charge is 0.490 e. The highest BCUT2D eigenvalue weighted by Crippen LogP contribution is 2.31. The molecule has 2 aromatic carbocycles. The quantitative estimate of drug-likeness (QED) is 0.310. The van der Waals surface area contributed by atoms with Crippen LogP contribution in [0.2, 0.25) is 0 Å². The number of halogens is 4. The molecule has 1 aliphatic rings. The smallest absolute Gasteiger partial charge is 0.475 e. The summed E-state index contributed by atoms with van der Waals surface area (Å²) in [5, 5.41) is 14.8. The van der Waals surface area contributed by atoms with Gasteiger partial charge in [0.25, 0.3) is 15.9 Å². The average molecular weight is 589 g/mol. The number of alkyl halides is 3. The standard InChI is InChI=1S/C22H23FN4O3S2.C2HF3O2/c23-18-5-2-1-4-17(18)15-25-22(28)16-7-8-20(27-11-9-24-10-12-27)19(14-16)26-32(29,30)21-6-3-13-31-21;3-2(4,5)1(6)7/h1-8,13-14,24,26H,9-12,15H2,(H,25,28);(H,6,7). The van der Waals surface area contributed by atoms with Gasteiger partial charge in [-0.05, 0) is 35.7 Å². The highest BCUT2D eigenvalue weighted by atomic mass is 32.2. The summed E-state index contributed by atoms with van der Waals surface area (Å²) in [6, 6.07) is 14.3. The number of piperazine rings is 1. The monoisotopic (exact) mass is 588 g/mol. The van der Waals surface area contributed by atoms with E-state index in [0.717, 1.165) is 24.4 Å². The molecule has 3 aromatic rings. The Labute approximate surface area is 225 Å². The van der Waals surface area contributed by atoms with E-state index in [1.54, 1.807) is 41.8 Å². The molecule has 0 bridgehead atoms. The highest BCUT2D eigenvalue weighted by molar-refractivity contribution is 7.94. The van der Waals surface area contributed by atoms with Gasteiger partial charge < -0.3 is 20.6 Å². The third-order valence-electron chi connectivity index (χ3n) is 5.36. The third-order valence-corrected chi connectivity index (χ3v) is 8.12. The Morgan fingerprint density at radius 3 is 2.31 bits per heavy atom. The van der Waals surface area contributed by atoms with Gasteiger partial charge in [0.05, 0.1) is 11.4 Å². The summed E-state index contributed by atoms with van der Waals surface area (Å²) >= 11 is 1.12. The molecule has 4 rings (SSSR count). The molecule has 1 aliphatic heterocycles. The van der Waals surface area contributed by atoms with E-state index in [0.29, 0.717) is 30.0 Å². The minimum absolute atomic E-state index is 0.0291. The number of sulfonamides is 1. The third kappa shape index (κ3) is 8.40. The number of hydrogen-bond acceptors (Lipinski definition) is 7. The molecular weight excluding hydrogens is 564 g/mol. The highest BCUT2D eigenvalue weighted by Gasteiger charge is 2.38. The van der Waals surface area contributed by atoms with Crippen LogP contribution in [0.3, 0.4) is 0 Å². The van der Waals surface area contributed by atoms with Gasteiger partial charge in [-0.2, -0.15) is 13.2 Å². The number of anilines is 2. The number of amides is 1. The normalized spacial score (nSPS) is 13.7. The summed E-state index contributed by atoms with van der Waals surface area (Å²) in [6.45, 7) is 3.02. The van der Waals surface area contributed by atoms with E-state index in [9.17, 15) is 30.8 Å². The summed E-state index contributed by atoms with van der Waals surface area (Å²) in [4.78, 5) is 23.7. The molecule has 2 heterocycles. The van der Waals surface area contributed by atoms with E-state index in [4.69, 9.17) is 9.90 Å². The Hall–Kier alpha value is -3.69. The van der Waals surface area contributed by atoms with Crippen molar-refractivity contribution in [1.29, 1.82) is 0 Å². The van der Waals surface area contributed by atoms with Crippen LogP contribution >= 0.6 is 11.3 Å². The fourth-order valence-electron chi connectivity index (χ4n) is 3.47. The van der Waals surface area contributed by atoms with Crippen LogP contribution in [0.25, 0.3) is 0 Å². The van der Waals surface area contributed by atoms with Crippen LogP contribution in [0.1, 0.15) is 15.9 Å². The van der Waals surface area contributed by atoms with Crippen molar-refractivity contribution in [3.63, 3.8) is 0 Å². The number of carboxylic acids is 1. The second kappa shape index (κ2) is 12.9. The molecule has 1 amide bonds. The zero-order valence-corrected chi connectivity index (χ0v) is 21.8. The predicted octanol–water partition coefficient (Wildman–Crippen LogP) is 3.66. The van der Waals surface area contributed by atoms with Crippen molar-refractivity contribution in [3.05, 3.63) is 76.9 Å². The second-order valence-corrected chi connectivity index (χ2v) is 10.9. The van der Waals surface area contributed by atoms with E-state index in [-0.39, 0.29) is 16.3 Å². The Morgan fingerprint density at radius 2 is 1.72 bits per heavy atom. The van der Waals surface area contributed by atoms with Gasteiger partial charge >= 0.3 is 12.1 Å². The van der Waals surface area contributed by atoms with Gasteiger partial charge in [0.2, 0.25) is 0 Å². The van der Waals surface area contributed by atoms with Gasteiger partial charge in [-0.25, -0.2) is 17.6 Å². The summed E-state index contributed by atoms with van der Waals surface area (Å²) in [5.74, 6) is -3.57. The molecular formula is C24H24F4N4O5S2. The van der Waals surface area contributed by atoms with Crippen molar-refractivity contribution in [2.45, 2.75) is 16.9 Å². The van der Waals surface area contributed by atoms with E-state index < -0.39 is 33.9 Å².